The maximum absolute atomic E-state index is 12.4. The van der Waals surface area contributed by atoms with Gasteiger partial charge in [-0.15, -0.1) is 11.3 Å². The molecule has 0 unspecified atom stereocenters. The summed E-state index contributed by atoms with van der Waals surface area (Å²) in [6, 6.07) is 9.92. The smallest absolute Gasteiger partial charge is 0.340 e. The zero-order valence-electron chi connectivity index (χ0n) is 13.8. The molecule has 2 aromatic rings. The van der Waals surface area contributed by atoms with Gasteiger partial charge in [-0.2, -0.15) is 0 Å². The van der Waals surface area contributed by atoms with Gasteiger partial charge in [0.15, 0.2) is 0 Å². The molecule has 0 saturated carbocycles. The molecule has 1 aliphatic rings. The number of rotatable bonds is 5. The second-order valence-electron chi connectivity index (χ2n) is 5.65. The Labute approximate surface area is 145 Å². The van der Waals surface area contributed by atoms with Gasteiger partial charge in [0.1, 0.15) is 5.00 Å². The van der Waals surface area contributed by atoms with Crippen LogP contribution in [0.15, 0.2) is 30.3 Å². The average Bonchev–Trinajstić information content (AvgIpc) is 3.18. The lowest BCUT2D eigenvalue weighted by molar-refractivity contribution is -0.114. The predicted octanol–water partition coefficient (Wildman–Crippen LogP) is 3.10. The third-order valence-electron chi connectivity index (χ3n) is 4.11. The van der Waals surface area contributed by atoms with Gasteiger partial charge in [0.2, 0.25) is 5.91 Å². The van der Waals surface area contributed by atoms with Crippen molar-refractivity contribution in [2.24, 2.45) is 0 Å². The molecule has 126 valence electrons. The Balaban J connectivity index is 1.72. The van der Waals surface area contributed by atoms with Gasteiger partial charge < -0.3 is 15.0 Å². The number of para-hydroxylation sites is 1. The van der Waals surface area contributed by atoms with Crippen LogP contribution < -0.4 is 10.2 Å². The van der Waals surface area contributed by atoms with Crippen LogP contribution in [0, 0.1) is 0 Å². The number of fused-ring (bicyclic) bond motifs is 1. The molecule has 0 spiro atoms. The number of benzene rings is 1. The molecule has 0 radical (unpaired) electrons. The number of esters is 1. The van der Waals surface area contributed by atoms with E-state index in [1.54, 1.807) is 6.07 Å². The predicted molar refractivity (Wildman–Crippen MR) is 96.0 cm³/mol. The standard InChI is InChI=1S/C18H20N2O3S/c1-3-13-10-14(18(22)23-2)17(24-13)19-16(21)11-20-9-8-12-6-4-5-7-15(12)20/h4-7,10H,3,8-9,11H2,1-2H3,(H,19,21). The number of nitrogens with zero attached hydrogens (tertiary/aromatic N) is 1. The van der Waals surface area contributed by atoms with Crippen LogP contribution in [-0.2, 0) is 22.4 Å². The van der Waals surface area contributed by atoms with Crippen LogP contribution in [-0.4, -0.2) is 32.1 Å². The Kier molecular flexibility index (Phi) is 4.85. The molecule has 0 atom stereocenters. The average molecular weight is 344 g/mol. The Morgan fingerprint density at radius 2 is 2.12 bits per heavy atom. The number of nitrogens with one attached hydrogen (secondary N) is 1. The summed E-state index contributed by atoms with van der Waals surface area (Å²) in [6.07, 6.45) is 1.76. The number of hydrogen-bond donors (Lipinski definition) is 1. The molecule has 1 amide bonds. The van der Waals surface area contributed by atoms with Gasteiger partial charge in [-0.05, 0) is 30.5 Å². The second-order valence-corrected chi connectivity index (χ2v) is 6.79. The van der Waals surface area contributed by atoms with Crippen molar-refractivity contribution >= 4 is 33.9 Å². The minimum absolute atomic E-state index is 0.124. The normalized spacial score (nSPS) is 12.8. The summed E-state index contributed by atoms with van der Waals surface area (Å²) >= 11 is 1.42. The number of methoxy groups -OCH3 is 1. The third-order valence-corrected chi connectivity index (χ3v) is 5.30. The van der Waals surface area contributed by atoms with E-state index in [2.05, 4.69) is 16.3 Å². The Hall–Kier alpha value is -2.34. The second kappa shape index (κ2) is 7.05. The van der Waals surface area contributed by atoms with Crippen molar-refractivity contribution in [1.29, 1.82) is 0 Å². The molecule has 0 saturated heterocycles. The van der Waals surface area contributed by atoms with E-state index in [9.17, 15) is 9.59 Å². The Morgan fingerprint density at radius 1 is 1.33 bits per heavy atom. The van der Waals surface area contributed by atoms with Crippen LogP contribution >= 0.6 is 11.3 Å². The lowest BCUT2D eigenvalue weighted by atomic mass is 10.2. The number of hydrogen-bond acceptors (Lipinski definition) is 5. The molecule has 0 aliphatic carbocycles. The molecule has 0 fully saturated rings. The van der Waals surface area contributed by atoms with E-state index < -0.39 is 5.97 Å². The van der Waals surface area contributed by atoms with E-state index in [4.69, 9.17) is 4.74 Å². The van der Waals surface area contributed by atoms with Crippen molar-refractivity contribution < 1.29 is 14.3 Å². The largest absolute Gasteiger partial charge is 0.465 e. The van der Waals surface area contributed by atoms with Gasteiger partial charge in [0.25, 0.3) is 0 Å². The fraction of sp³-hybridized carbons (Fsp3) is 0.333. The zero-order chi connectivity index (χ0) is 17.1. The minimum atomic E-state index is -0.423. The van der Waals surface area contributed by atoms with E-state index >= 15 is 0 Å². The highest BCUT2D eigenvalue weighted by Gasteiger charge is 2.22. The van der Waals surface area contributed by atoms with Crippen molar-refractivity contribution in [2.75, 3.05) is 30.4 Å². The van der Waals surface area contributed by atoms with Crippen molar-refractivity contribution in [1.82, 2.24) is 0 Å². The molecule has 24 heavy (non-hydrogen) atoms. The quantitative estimate of drug-likeness (QED) is 0.847. The maximum atomic E-state index is 12.4. The van der Waals surface area contributed by atoms with Gasteiger partial charge in [-0.3, -0.25) is 4.79 Å². The topological polar surface area (TPSA) is 58.6 Å². The highest BCUT2D eigenvalue weighted by atomic mass is 32.1. The molecule has 1 aliphatic heterocycles. The molecule has 0 bridgehead atoms. The first-order valence-electron chi connectivity index (χ1n) is 7.96. The van der Waals surface area contributed by atoms with E-state index in [-0.39, 0.29) is 12.5 Å². The fourth-order valence-electron chi connectivity index (χ4n) is 2.88. The van der Waals surface area contributed by atoms with Crippen molar-refractivity contribution in [2.45, 2.75) is 19.8 Å². The van der Waals surface area contributed by atoms with Crippen LogP contribution in [0.25, 0.3) is 0 Å². The first-order chi connectivity index (χ1) is 11.6. The van der Waals surface area contributed by atoms with Gasteiger partial charge in [0, 0.05) is 17.1 Å². The third kappa shape index (κ3) is 3.28. The fourth-order valence-corrected chi connectivity index (χ4v) is 3.88. The molecule has 1 N–H and O–H groups in total. The number of anilines is 2. The van der Waals surface area contributed by atoms with Gasteiger partial charge in [0.05, 0.1) is 19.2 Å². The molecule has 6 heteroatoms. The first-order valence-corrected chi connectivity index (χ1v) is 8.77. The Bertz CT molecular complexity index is 769. The zero-order valence-corrected chi connectivity index (χ0v) is 14.6. The summed E-state index contributed by atoms with van der Waals surface area (Å²) in [4.78, 5) is 27.4. The number of amides is 1. The monoisotopic (exact) mass is 344 g/mol. The van der Waals surface area contributed by atoms with Crippen molar-refractivity contribution in [3.63, 3.8) is 0 Å². The van der Waals surface area contributed by atoms with Crippen LogP contribution in [0.3, 0.4) is 0 Å². The summed E-state index contributed by atoms with van der Waals surface area (Å²) < 4.78 is 4.80. The summed E-state index contributed by atoms with van der Waals surface area (Å²) in [5, 5.41) is 3.44. The van der Waals surface area contributed by atoms with Crippen molar-refractivity contribution in [3.8, 4) is 0 Å². The summed E-state index contributed by atoms with van der Waals surface area (Å²) in [5.41, 5.74) is 2.81. The van der Waals surface area contributed by atoms with E-state index in [0.717, 1.165) is 30.0 Å². The van der Waals surface area contributed by atoms with E-state index in [0.29, 0.717) is 10.6 Å². The molecule has 1 aromatic heterocycles. The highest BCUT2D eigenvalue weighted by molar-refractivity contribution is 7.16. The van der Waals surface area contributed by atoms with E-state index in [1.807, 2.05) is 25.1 Å². The molecular formula is C18H20N2O3S. The van der Waals surface area contributed by atoms with Crippen LogP contribution in [0.5, 0.6) is 0 Å². The number of aryl methyl sites for hydroxylation is 1. The van der Waals surface area contributed by atoms with Gasteiger partial charge >= 0.3 is 5.97 Å². The lowest BCUT2D eigenvalue weighted by Crippen LogP contribution is -2.32. The summed E-state index contributed by atoms with van der Waals surface area (Å²) in [7, 11) is 1.35. The molecular weight excluding hydrogens is 324 g/mol. The maximum Gasteiger partial charge on any atom is 0.340 e. The van der Waals surface area contributed by atoms with Crippen LogP contribution in [0.4, 0.5) is 10.7 Å². The van der Waals surface area contributed by atoms with Gasteiger partial charge in [-0.25, -0.2) is 4.79 Å². The SMILES string of the molecule is CCc1cc(C(=O)OC)c(NC(=O)CN2CCc3ccccc32)s1. The molecule has 2 heterocycles. The number of thiophene rings is 1. The highest BCUT2D eigenvalue weighted by Crippen LogP contribution is 2.30. The number of ether oxygens (including phenoxy) is 1. The minimum Gasteiger partial charge on any atom is -0.465 e. The molecule has 3 rings (SSSR count). The van der Waals surface area contributed by atoms with Crippen LogP contribution in [0.2, 0.25) is 0 Å². The first kappa shape index (κ1) is 16.5. The molecule has 1 aromatic carbocycles. The number of carbonyl (C=O) groups is 2. The van der Waals surface area contributed by atoms with E-state index in [1.165, 1.54) is 24.0 Å². The summed E-state index contributed by atoms with van der Waals surface area (Å²) in [6.45, 7) is 3.12. The Morgan fingerprint density at radius 3 is 2.88 bits per heavy atom. The van der Waals surface area contributed by atoms with Gasteiger partial charge in [-0.1, -0.05) is 25.1 Å². The van der Waals surface area contributed by atoms with Crippen LogP contribution in [0.1, 0.15) is 27.7 Å². The summed E-state index contributed by atoms with van der Waals surface area (Å²) in [5.74, 6) is -0.547. The number of carbonyl (C=O) groups excluding carboxylic acids is 2. The van der Waals surface area contributed by atoms with Crippen molar-refractivity contribution in [3.05, 3.63) is 46.3 Å². The lowest BCUT2D eigenvalue weighted by Gasteiger charge is -2.18. The molecule has 5 nitrogen and oxygen atoms in total.